The highest BCUT2D eigenvalue weighted by atomic mass is 19.1. The fourth-order valence-electron chi connectivity index (χ4n) is 7.50. The third-order valence-corrected chi connectivity index (χ3v) is 10.4. The normalized spacial score (nSPS) is 16.4. The Bertz CT molecular complexity index is 2430. The lowest BCUT2D eigenvalue weighted by Gasteiger charge is -2.37. The molecule has 3 aromatic heterocycles. The van der Waals surface area contributed by atoms with Crippen molar-refractivity contribution in [2.45, 2.75) is 57.5 Å². The zero-order chi connectivity index (χ0) is 39.3. The summed E-state index contributed by atoms with van der Waals surface area (Å²) in [5, 5.41) is 17.0. The maximum absolute atomic E-state index is 13.6. The number of benzene rings is 2. The van der Waals surface area contributed by atoms with Crippen molar-refractivity contribution >= 4 is 40.3 Å². The summed E-state index contributed by atoms with van der Waals surface area (Å²) in [5.74, 6) is 4.70. The molecule has 4 N–H and O–H groups in total. The van der Waals surface area contributed by atoms with E-state index in [0.29, 0.717) is 35.9 Å². The summed E-state index contributed by atoms with van der Waals surface area (Å²) in [6.07, 6.45) is 5.16. The van der Waals surface area contributed by atoms with Gasteiger partial charge < -0.3 is 15.7 Å². The molecular formula is C41H42FN9O5. The Balaban J connectivity index is 0.938. The quantitative estimate of drug-likeness (QED) is 0.0992. The number of anilines is 2. The summed E-state index contributed by atoms with van der Waals surface area (Å²) < 4.78 is 16.7. The van der Waals surface area contributed by atoms with Crippen LogP contribution in [-0.4, -0.2) is 78.0 Å². The van der Waals surface area contributed by atoms with Crippen LogP contribution in [0.2, 0.25) is 0 Å². The zero-order valence-electron chi connectivity index (χ0n) is 31.1. The zero-order valence-corrected chi connectivity index (χ0v) is 31.1. The van der Waals surface area contributed by atoms with Gasteiger partial charge in [-0.15, -0.1) is 0 Å². The van der Waals surface area contributed by atoms with Gasteiger partial charge in [-0.25, -0.2) is 19.6 Å². The Labute approximate surface area is 322 Å². The molecule has 0 saturated carbocycles. The predicted molar refractivity (Wildman–Crippen MR) is 208 cm³/mol. The van der Waals surface area contributed by atoms with Gasteiger partial charge in [0, 0.05) is 67.9 Å². The first-order chi connectivity index (χ1) is 27.1. The molecule has 15 heteroatoms. The van der Waals surface area contributed by atoms with Crippen LogP contribution in [0.3, 0.4) is 0 Å². The van der Waals surface area contributed by atoms with E-state index < -0.39 is 30.5 Å². The van der Waals surface area contributed by atoms with Gasteiger partial charge in [-0.05, 0) is 86.8 Å². The molecule has 2 aromatic carbocycles. The fourth-order valence-corrected chi connectivity index (χ4v) is 7.50. The number of carbonyl (C=O) groups excluding carboxylic acids is 3. The Morgan fingerprint density at radius 3 is 2.59 bits per heavy atom. The number of aliphatic hydroxyl groups is 1. The first-order valence-corrected chi connectivity index (χ1v) is 18.4. The molecule has 288 valence electrons. The summed E-state index contributed by atoms with van der Waals surface area (Å²) in [4.78, 5) is 62.9. The van der Waals surface area contributed by atoms with Gasteiger partial charge in [-0.3, -0.25) is 33.8 Å². The molecule has 1 atom stereocenters. The number of pyridine rings is 2. The minimum Gasteiger partial charge on any atom is -0.392 e. The number of hydrogen-bond donors (Lipinski definition) is 4. The van der Waals surface area contributed by atoms with Crippen LogP contribution in [0.5, 0.6) is 0 Å². The average Bonchev–Trinajstić information content (AvgIpc) is 3.44. The Morgan fingerprint density at radius 1 is 1.00 bits per heavy atom. The SMILES string of the molecule is CN(Cc1cccc(C#Cc2cc(NC(=O)Nc3cc(F)ncc3CO)ccn2)c1)C1CCN(Cc2cccc3c2n(C)c(=O)n3C2CCC(=O)NC2=O)CC1. The molecule has 2 aliphatic heterocycles. The van der Waals surface area contributed by atoms with Crippen LogP contribution in [0.4, 0.5) is 20.6 Å². The number of nitrogens with one attached hydrogen (secondary N) is 3. The molecule has 4 amide bonds. The van der Waals surface area contributed by atoms with Gasteiger partial charge in [0.25, 0.3) is 0 Å². The lowest BCUT2D eigenvalue weighted by molar-refractivity contribution is -0.135. The number of aliphatic hydroxyl groups excluding tert-OH is 1. The molecule has 7 rings (SSSR count). The van der Waals surface area contributed by atoms with Crippen LogP contribution >= 0.6 is 0 Å². The first kappa shape index (κ1) is 38.1. The van der Waals surface area contributed by atoms with Gasteiger partial charge in [-0.1, -0.05) is 30.2 Å². The largest absolute Gasteiger partial charge is 0.392 e. The smallest absolute Gasteiger partial charge is 0.329 e. The molecule has 0 aliphatic carbocycles. The Hall–Kier alpha value is -6.21. The number of urea groups is 1. The van der Waals surface area contributed by atoms with Gasteiger partial charge >= 0.3 is 11.7 Å². The molecular weight excluding hydrogens is 718 g/mol. The maximum atomic E-state index is 13.6. The number of hydrogen-bond acceptors (Lipinski definition) is 9. The second-order valence-electron chi connectivity index (χ2n) is 14.2. The second-order valence-corrected chi connectivity index (χ2v) is 14.2. The highest BCUT2D eigenvalue weighted by molar-refractivity contribution is 6.01. The minimum atomic E-state index is -0.781. The fraction of sp³-hybridized carbons (Fsp3) is 0.317. The van der Waals surface area contributed by atoms with E-state index in [-0.39, 0.29) is 29.3 Å². The van der Waals surface area contributed by atoms with E-state index in [2.05, 4.69) is 66.7 Å². The van der Waals surface area contributed by atoms with Crippen molar-refractivity contribution in [2.75, 3.05) is 30.8 Å². The van der Waals surface area contributed by atoms with Gasteiger partial charge in [-0.2, -0.15) is 4.39 Å². The number of imidazole rings is 1. The third-order valence-electron chi connectivity index (χ3n) is 10.4. The van der Waals surface area contributed by atoms with E-state index in [1.54, 1.807) is 23.7 Å². The summed E-state index contributed by atoms with van der Waals surface area (Å²) in [6.45, 7) is 2.82. The van der Waals surface area contributed by atoms with Crippen molar-refractivity contribution < 1.29 is 23.9 Å². The number of rotatable bonds is 9. The van der Waals surface area contributed by atoms with Crippen LogP contribution in [0.25, 0.3) is 11.0 Å². The summed E-state index contributed by atoms with van der Waals surface area (Å²) in [6, 6.07) is 17.2. The Kier molecular flexibility index (Phi) is 11.3. The molecule has 56 heavy (non-hydrogen) atoms. The van der Waals surface area contributed by atoms with Gasteiger partial charge in [0.1, 0.15) is 11.7 Å². The van der Waals surface area contributed by atoms with E-state index in [1.807, 2.05) is 30.3 Å². The number of carbonyl (C=O) groups is 3. The van der Waals surface area contributed by atoms with E-state index in [9.17, 15) is 28.7 Å². The topological polar surface area (TPSA) is 167 Å². The highest BCUT2D eigenvalue weighted by Crippen LogP contribution is 2.27. The number of aryl methyl sites for hydroxylation is 1. The van der Waals surface area contributed by atoms with Gasteiger partial charge in [0.15, 0.2) is 0 Å². The van der Waals surface area contributed by atoms with Crippen LogP contribution in [0.15, 0.2) is 77.9 Å². The number of aromatic nitrogens is 4. The monoisotopic (exact) mass is 759 g/mol. The minimum absolute atomic E-state index is 0.115. The van der Waals surface area contributed by atoms with Crippen molar-refractivity contribution in [3.8, 4) is 11.8 Å². The number of likely N-dealkylation sites (tertiary alicyclic amines) is 1. The standard InChI is InChI=1S/C41H42FN9O5/c1-48(32-14-17-50(18-15-32)24-28-7-4-8-34-38(28)49(2)41(56)51(34)35-11-12-37(53)47-39(35)54)23-27-6-3-5-26(19-27)9-10-30-20-31(13-16-43-30)45-40(55)46-33-21-36(42)44-22-29(33)25-52/h3-8,13,16,19-22,32,35,52H,11-12,14-15,17-18,23-25H2,1-2H3,(H,47,53,54)(H2,43,44,45,46,55). The Morgan fingerprint density at radius 2 is 1.80 bits per heavy atom. The molecule has 5 heterocycles. The van der Waals surface area contributed by atoms with Crippen molar-refractivity contribution in [2.24, 2.45) is 7.05 Å². The van der Waals surface area contributed by atoms with Gasteiger partial charge in [0.05, 0.1) is 23.3 Å². The lowest BCUT2D eigenvalue weighted by Crippen LogP contribution is -2.44. The van der Waals surface area contributed by atoms with E-state index in [0.717, 1.165) is 66.9 Å². The average molecular weight is 760 g/mol. The molecule has 2 saturated heterocycles. The molecule has 0 bridgehead atoms. The maximum Gasteiger partial charge on any atom is 0.329 e. The predicted octanol–water partition coefficient (Wildman–Crippen LogP) is 3.88. The molecule has 0 radical (unpaired) electrons. The van der Waals surface area contributed by atoms with Crippen LogP contribution in [-0.2, 0) is 36.3 Å². The van der Waals surface area contributed by atoms with E-state index in [1.165, 1.54) is 10.8 Å². The second kappa shape index (κ2) is 16.7. The van der Waals surface area contributed by atoms with Crippen molar-refractivity contribution in [1.29, 1.82) is 0 Å². The van der Waals surface area contributed by atoms with Crippen LogP contribution in [0, 0.1) is 17.8 Å². The summed E-state index contributed by atoms with van der Waals surface area (Å²) in [5.41, 5.74) is 5.52. The van der Waals surface area contributed by atoms with E-state index in [4.69, 9.17) is 0 Å². The number of amides is 4. The molecule has 5 aromatic rings. The molecule has 2 fully saturated rings. The van der Waals surface area contributed by atoms with Crippen molar-refractivity contribution in [3.63, 3.8) is 0 Å². The molecule has 2 aliphatic rings. The van der Waals surface area contributed by atoms with Crippen molar-refractivity contribution in [3.05, 3.63) is 117 Å². The summed E-state index contributed by atoms with van der Waals surface area (Å²) in [7, 11) is 3.88. The molecule has 14 nitrogen and oxygen atoms in total. The van der Waals surface area contributed by atoms with E-state index >= 15 is 0 Å². The van der Waals surface area contributed by atoms with Crippen LogP contribution < -0.4 is 21.6 Å². The highest BCUT2D eigenvalue weighted by Gasteiger charge is 2.32. The third kappa shape index (κ3) is 8.52. The molecule has 1 unspecified atom stereocenters. The number of piperidine rings is 2. The summed E-state index contributed by atoms with van der Waals surface area (Å²) >= 11 is 0. The first-order valence-electron chi connectivity index (χ1n) is 18.4. The van der Waals surface area contributed by atoms with Crippen molar-refractivity contribution in [1.82, 2.24) is 34.2 Å². The number of fused-ring (bicyclic) bond motifs is 1. The number of halogens is 1. The number of imide groups is 1. The molecule has 0 spiro atoms. The number of nitrogens with zero attached hydrogens (tertiary/aromatic N) is 6. The number of para-hydroxylation sites is 1. The lowest BCUT2D eigenvalue weighted by atomic mass is 10.0. The van der Waals surface area contributed by atoms with Gasteiger partial charge in [0.2, 0.25) is 17.8 Å². The van der Waals surface area contributed by atoms with Crippen LogP contribution in [0.1, 0.15) is 59.7 Å².